The fourth-order valence-electron chi connectivity index (χ4n) is 4.15. The third-order valence-electron chi connectivity index (χ3n) is 5.54. The number of halogens is 5. The number of fused-ring (bicyclic) bond motifs is 2. The number of nitrogens with one attached hydrogen (secondary N) is 2. The number of alkyl halides is 3. The SMILES string of the molecule is Cc1[nH]c2c(C(N)=O)cc(F)c(N3CC4CCCNC4C3)c2c1Cl.O=C(O)C(F)(F)F. The number of primary amides is 1. The van der Waals surface area contributed by atoms with Crippen LogP contribution in [-0.2, 0) is 4.79 Å². The predicted octanol–water partition coefficient (Wildman–Crippen LogP) is 3.19. The first-order valence-electron chi connectivity index (χ1n) is 9.50. The van der Waals surface area contributed by atoms with Gasteiger partial charge in [0.15, 0.2) is 0 Å². The number of carboxylic acid groups (broad SMARTS) is 1. The second-order valence-electron chi connectivity index (χ2n) is 7.60. The molecule has 2 aromatic rings. The third kappa shape index (κ3) is 4.57. The van der Waals surface area contributed by atoms with Crippen LogP contribution in [-0.4, -0.2) is 53.8 Å². The fraction of sp³-hybridized carbons (Fsp3) is 0.474. The molecule has 2 unspecified atom stereocenters. The fourth-order valence-corrected chi connectivity index (χ4v) is 4.38. The Labute approximate surface area is 179 Å². The molecule has 170 valence electrons. The first-order chi connectivity index (χ1) is 14.4. The standard InChI is InChI=1S/C17H20ClFN4O.C2HF3O2/c1-8-14(18)13-15(22-8)10(17(20)24)5-11(19)16(13)23-6-9-3-2-4-21-12(9)7-23;3-2(4,5)1(6)7/h5,9,12,21-22H,2-4,6-7H2,1H3,(H2,20,24);(H,6,7). The number of benzene rings is 1. The highest BCUT2D eigenvalue weighted by atomic mass is 35.5. The molecule has 1 amide bonds. The molecule has 0 spiro atoms. The van der Waals surface area contributed by atoms with Crippen LogP contribution in [0.3, 0.4) is 0 Å². The number of piperidine rings is 1. The molecule has 7 nitrogen and oxygen atoms in total. The minimum atomic E-state index is -5.08. The number of carbonyl (C=O) groups is 2. The van der Waals surface area contributed by atoms with E-state index in [1.54, 1.807) is 6.92 Å². The Balaban J connectivity index is 0.000000339. The summed E-state index contributed by atoms with van der Waals surface area (Å²) in [5, 5.41) is 11.6. The molecule has 2 fully saturated rings. The lowest BCUT2D eigenvalue weighted by Gasteiger charge is -2.24. The molecule has 1 aromatic carbocycles. The van der Waals surface area contributed by atoms with Gasteiger partial charge >= 0.3 is 12.1 Å². The van der Waals surface area contributed by atoms with Crippen molar-refractivity contribution in [3.63, 3.8) is 0 Å². The summed E-state index contributed by atoms with van der Waals surface area (Å²) in [5.74, 6) is -3.36. The molecule has 1 aromatic heterocycles. The Kier molecular flexibility index (Phi) is 6.38. The predicted molar refractivity (Wildman–Crippen MR) is 107 cm³/mol. The van der Waals surface area contributed by atoms with E-state index in [0.29, 0.717) is 39.3 Å². The van der Waals surface area contributed by atoms with E-state index in [1.807, 2.05) is 0 Å². The highest BCUT2D eigenvalue weighted by molar-refractivity contribution is 6.38. The van der Waals surface area contributed by atoms with Crippen LogP contribution in [0.25, 0.3) is 10.9 Å². The molecule has 2 aliphatic rings. The largest absolute Gasteiger partial charge is 0.490 e. The van der Waals surface area contributed by atoms with Crippen molar-refractivity contribution in [1.29, 1.82) is 0 Å². The monoisotopic (exact) mass is 464 g/mol. The summed E-state index contributed by atoms with van der Waals surface area (Å²) in [6.45, 7) is 4.35. The number of carbonyl (C=O) groups excluding carboxylic acids is 1. The quantitative estimate of drug-likeness (QED) is 0.510. The van der Waals surface area contributed by atoms with Gasteiger partial charge in [0, 0.05) is 30.2 Å². The Hall–Kier alpha value is -2.53. The van der Waals surface area contributed by atoms with Crippen LogP contribution < -0.4 is 16.0 Å². The number of aromatic nitrogens is 1. The summed E-state index contributed by atoms with van der Waals surface area (Å²) in [4.78, 5) is 25.7. The van der Waals surface area contributed by atoms with Gasteiger partial charge in [-0.3, -0.25) is 4.79 Å². The molecule has 0 radical (unpaired) electrons. The number of hydrogen-bond donors (Lipinski definition) is 4. The smallest absolute Gasteiger partial charge is 0.475 e. The van der Waals surface area contributed by atoms with Crippen LogP contribution in [0, 0.1) is 18.7 Å². The lowest BCUT2D eigenvalue weighted by atomic mass is 9.94. The molecule has 0 aliphatic carbocycles. The van der Waals surface area contributed by atoms with Gasteiger partial charge in [-0.15, -0.1) is 0 Å². The van der Waals surface area contributed by atoms with Crippen LogP contribution in [0.5, 0.6) is 0 Å². The molecule has 2 saturated heterocycles. The molecule has 0 saturated carbocycles. The Morgan fingerprint density at radius 2 is 1.97 bits per heavy atom. The topological polar surface area (TPSA) is 111 Å². The van der Waals surface area contributed by atoms with Crippen LogP contribution in [0.1, 0.15) is 28.9 Å². The van der Waals surface area contributed by atoms with Crippen LogP contribution in [0.4, 0.5) is 23.2 Å². The number of hydrogen-bond acceptors (Lipinski definition) is 4. The summed E-state index contributed by atoms with van der Waals surface area (Å²) in [6.07, 6.45) is -2.78. The maximum absolute atomic E-state index is 14.9. The number of nitrogens with zero attached hydrogens (tertiary/aromatic N) is 1. The van der Waals surface area contributed by atoms with Crippen molar-refractivity contribution in [3.05, 3.63) is 28.2 Å². The average molecular weight is 465 g/mol. The van der Waals surface area contributed by atoms with E-state index in [0.717, 1.165) is 32.5 Å². The number of rotatable bonds is 2. The summed E-state index contributed by atoms with van der Waals surface area (Å²) in [7, 11) is 0. The Morgan fingerprint density at radius 1 is 1.32 bits per heavy atom. The van der Waals surface area contributed by atoms with Crippen LogP contribution in [0.2, 0.25) is 5.02 Å². The molecular weight excluding hydrogens is 444 g/mol. The minimum Gasteiger partial charge on any atom is -0.475 e. The van der Waals surface area contributed by atoms with Crippen molar-refractivity contribution in [1.82, 2.24) is 10.3 Å². The van der Waals surface area contributed by atoms with Crippen LogP contribution >= 0.6 is 11.6 Å². The number of aromatic amines is 1. The van der Waals surface area contributed by atoms with Crippen molar-refractivity contribution in [2.75, 3.05) is 24.5 Å². The van der Waals surface area contributed by atoms with Crippen LogP contribution in [0.15, 0.2) is 6.07 Å². The van der Waals surface area contributed by atoms with Crippen molar-refractivity contribution in [3.8, 4) is 0 Å². The molecule has 0 bridgehead atoms. The van der Waals surface area contributed by atoms with E-state index < -0.39 is 23.9 Å². The molecule has 31 heavy (non-hydrogen) atoms. The Morgan fingerprint density at radius 3 is 2.52 bits per heavy atom. The molecule has 2 atom stereocenters. The molecule has 12 heteroatoms. The van der Waals surface area contributed by atoms with Gasteiger partial charge in [-0.1, -0.05) is 11.6 Å². The van der Waals surface area contributed by atoms with Crippen molar-refractivity contribution in [2.45, 2.75) is 32.0 Å². The van der Waals surface area contributed by atoms with Gasteiger partial charge in [0.2, 0.25) is 0 Å². The lowest BCUT2D eigenvalue weighted by molar-refractivity contribution is -0.192. The zero-order valence-electron chi connectivity index (χ0n) is 16.4. The minimum absolute atomic E-state index is 0.135. The van der Waals surface area contributed by atoms with Gasteiger partial charge in [-0.25, -0.2) is 9.18 Å². The number of aryl methyl sites for hydroxylation is 1. The van der Waals surface area contributed by atoms with Gasteiger partial charge in [0.05, 0.1) is 21.8 Å². The van der Waals surface area contributed by atoms with Crippen molar-refractivity contribution >= 4 is 40.1 Å². The zero-order chi connectivity index (χ0) is 23.1. The number of anilines is 1. The number of aliphatic carboxylic acids is 1. The summed E-state index contributed by atoms with van der Waals surface area (Å²) in [6, 6.07) is 1.60. The van der Waals surface area contributed by atoms with E-state index in [9.17, 15) is 22.4 Å². The summed E-state index contributed by atoms with van der Waals surface area (Å²) >= 11 is 6.43. The van der Waals surface area contributed by atoms with E-state index in [-0.39, 0.29) is 5.56 Å². The second kappa shape index (κ2) is 8.54. The first-order valence-corrected chi connectivity index (χ1v) is 9.88. The van der Waals surface area contributed by atoms with Gasteiger partial charge in [-0.05, 0) is 38.3 Å². The number of amides is 1. The molecule has 2 aliphatic heterocycles. The molecule has 5 N–H and O–H groups in total. The van der Waals surface area contributed by atoms with E-state index in [2.05, 4.69) is 15.2 Å². The van der Waals surface area contributed by atoms with Gasteiger partial charge < -0.3 is 26.0 Å². The van der Waals surface area contributed by atoms with Crippen molar-refractivity contribution < 1.29 is 32.3 Å². The highest BCUT2D eigenvalue weighted by Gasteiger charge is 2.38. The maximum Gasteiger partial charge on any atom is 0.490 e. The van der Waals surface area contributed by atoms with E-state index >= 15 is 0 Å². The zero-order valence-corrected chi connectivity index (χ0v) is 17.2. The van der Waals surface area contributed by atoms with Gasteiger partial charge in [-0.2, -0.15) is 13.2 Å². The third-order valence-corrected chi connectivity index (χ3v) is 6.01. The average Bonchev–Trinajstić information content (AvgIpc) is 3.22. The molecule has 4 rings (SSSR count). The lowest BCUT2D eigenvalue weighted by Crippen LogP contribution is -2.40. The summed E-state index contributed by atoms with van der Waals surface area (Å²) < 4.78 is 46.7. The summed E-state index contributed by atoms with van der Waals surface area (Å²) in [5.41, 5.74) is 7.24. The van der Waals surface area contributed by atoms with Gasteiger partial charge in [0.25, 0.3) is 5.91 Å². The van der Waals surface area contributed by atoms with E-state index in [1.165, 1.54) is 6.07 Å². The number of carboxylic acids is 1. The highest BCUT2D eigenvalue weighted by Crippen LogP contribution is 2.41. The van der Waals surface area contributed by atoms with Gasteiger partial charge in [0.1, 0.15) is 5.82 Å². The maximum atomic E-state index is 14.9. The molecule has 3 heterocycles. The number of H-pyrrole nitrogens is 1. The normalized spacial score (nSPS) is 20.9. The molecular formula is C19H21ClF4N4O3. The first kappa shape index (κ1) is 23.1. The Bertz CT molecular complexity index is 1010. The van der Waals surface area contributed by atoms with Crippen molar-refractivity contribution in [2.24, 2.45) is 11.7 Å². The van der Waals surface area contributed by atoms with E-state index in [4.69, 9.17) is 27.2 Å². The number of nitrogens with two attached hydrogens (primary N) is 1. The second-order valence-corrected chi connectivity index (χ2v) is 7.98.